The van der Waals surface area contributed by atoms with E-state index in [1.165, 1.54) is 132 Å². The van der Waals surface area contributed by atoms with Gasteiger partial charge in [-0.1, -0.05) is 120 Å². The molecule has 192 valence electrons. The third kappa shape index (κ3) is 7.71. The van der Waals surface area contributed by atoms with E-state index >= 15 is 0 Å². The van der Waals surface area contributed by atoms with Crippen molar-refractivity contribution in [1.29, 1.82) is 0 Å². The molecule has 0 radical (unpaired) electrons. The van der Waals surface area contributed by atoms with E-state index in [1.54, 1.807) is 5.56 Å². The van der Waals surface area contributed by atoms with Gasteiger partial charge in [0.05, 0.1) is 0 Å². The first kappa shape index (κ1) is 26.5. The summed E-state index contributed by atoms with van der Waals surface area (Å²) in [6.07, 6.45) is 25.5. The average molecular weight is 473 g/mol. The van der Waals surface area contributed by atoms with Crippen LogP contribution in [-0.4, -0.2) is 0 Å². The highest BCUT2D eigenvalue weighted by molar-refractivity contribution is 5.64. The van der Waals surface area contributed by atoms with Crippen molar-refractivity contribution in [3.8, 4) is 11.1 Å². The van der Waals surface area contributed by atoms with Gasteiger partial charge in [0.25, 0.3) is 0 Å². The summed E-state index contributed by atoms with van der Waals surface area (Å²) in [5, 5.41) is 0. The highest BCUT2D eigenvalue weighted by Gasteiger charge is 2.30. The van der Waals surface area contributed by atoms with E-state index < -0.39 is 0 Å². The van der Waals surface area contributed by atoms with E-state index in [9.17, 15) is 0 Å². The van der Waals surface area contributed by atoms with Crippen LogP contribution in [0.1, 0.15) is 140 Å². The van der Waals surface area contributed by atoms with Crippen LogP contribution in [0.15, 0.2) is 48.5 Å². The smallest absolute Gasteiger partial charge is 0.0162 e. The fraction of sp³-hybridized carbons (Fsp3) is 0.657. The van der Waals surface area contributed by atoms with Gasteiger partial charge in [-0.05, 0) is 97.3 Å². The Bertz CT molecular complexity index is 829. The normalized spacial score (nSPS) is 22.2. The molecule has 0 nitrogen and oxygen atoms in total. The number of hydrogen-bond donors (Lipinski definition) is 0. The van der Waals surface area contributed by atoms with Gasteiger partial charge in [0.1, 0.15) is 0 Å². The van der Waals surface area contributed by atoms with E-state index in [2.05, 4.69) is 62.4 Å². The van der Waals surface area contributed by atoms with Crippen molar-refractivity contribution in [2.24, 2.45) is 11.3 Å². The Hall–Kier alpha value is -1.56. The van der Waals surface area contributed by atoms with Crippen LogP contribution >= 0.6 is 0 Å². The molecule has 0 heteroatoms. The van der Waals surface area contributed by atoms with Crippen molar-refractivity contribution < 1.29 is 0 Å². The van der Waals surface area contributed by atoms with Crippen molar-refractivity contribution in [3.63, 3.8) is 0 Å². The maximum Gasteiger partial charge on any atom is -0.0162 e. The average Bonchev–Trinajstić information content (AvgIpc) is 2.92. The Kier molecular flexibility index (Phi) is 10.3. The van der Waals surface area contributed by atoms with Crippen molar-refractivity contribution >= 4 is 0 Å². The van der Waals surface area contributed by atoms with Gasteiger partial charge in [0.15, 0.2) is 0 Å². The standard InChI is InChI=1S/C35H52/c1-3-5-8-11-29-12-16-31(17-13-29)33-20-22-34(23-21-33)32-18-14-30(15-19-32)24-28-35(25-6-4-2)26-9-7-10-27-35/h14-15,18-23,29,31H,3-13,16-17,24-28H2,1-2H3. The van der Waals surface area contributed by atoms with Gasteiger partial charge in [-0.15, -0.1) is 0 Å². The zero-order valence-corrected chi connectivity index (χ0v) is 23.0. The Morgan fingerprint density at radius 1 is 0.657 bits per heavy atom. The quantitative estimate of drug-likeness (QED) is 0.269. The topological polar surface area (TPSA) is 0 Å². The summed E-state index contributed by atoms with van der Waals surface area (Å²) in [6.45, 7) is 4.66. The summed E-state index contributed by atoms with van der Waals surface area (Å²) in [5.41, 5.74) is 6.49. The lowest BCUT2D eigenvalue weighted by Crippen LogP contribution is -2.25. The molecule has 0 heterocycles. The molecule has 0 aliphatic heterocycles. The summed E-state index contributed by atoms with van der Waals surface area (Å²) in [6, 6.07) is 19.1. The van der Waals surface area contributed by atoms with Gasteiger partial charge in [-0.3, -0.25) is 0 Å². The molecule has 2 saturated carbocycles. The Labute approximate surface area is 217 Å². The molecule has 0 saturated heterocycles. The summed E-state index contributed by atoms with van der Waals surface area (Å²) >= 11 is 0. The molecule has 2 aliphatic carbocycles. The Balaban J connectivity index is 1.28. The molecule has 2 fully saturated rings. The number of unbranched alkanes of at least 4 members (excludes halogenated alkanes) is 3. The largest absolute Gasteiger partial charge is 0.0654 e. The SMILES string of the molecule is CCCCCC1CCC(c2ccc(-c3ccc(CCC4(CCCC)CCCCC4)cc3)cc2)CC1. The molecule has 0 atom stereocenters. The van der Waals surface area contributed by atoms with Crippen LogP contribution in [0.3, 0.4) is 0 Å². The van der Waals surface area contributed by atoms with Gasteiger partial charge in [0.2, 0.25) is 0 Å². The van der Waals surface area contributed by atoms with Gasteiger partial charge in [-0.2, -0.15) is 0 Å². The molecule has 2 aromatic rings. The zero-order valence-electron chi connectivity index (χ0n) is 23.0. The first-order valence-electron chi connectivity index (χ1n) is 15.4. The van der Waals surface area contributed by atoms with E-state index in [0.29, 0.717) is 5.41 Å². The van der Waals surface area contributed by atoms with Crippen LogP contribution < -0.4 is 0 Å². The van der Waals surface area contributed by atoms with Crippen LogP contribution in [0.2, 0.25) is 0 Å². The van der Waals surface area contributed by atoms with Crippen molar-refractivity contribution in [2.45, 2.75) is 135 Å². The summed E-state index contributed by atoms with van der Waals surface area (Å²) < 4.78 is 0. The predicted molar refractivity (Wildman–Crippen MR) is 154 cm³/mol. The minimum absolute atomic E-state index is 0.636. The highest BCUT2D eigenvalue weighted by atomic mass is 14.4. The van der Waals surface area contributed by atoms with Crippen LogP contribution in [0.5, 0.6) is 0 Å². The molecule has 35 heavy (non-hydrogen) atoms. The second-order valence-corrected chi connectivity index (χ2v) is 12.2. The zero-order chi connectivity index (χ0) is 24.3. The summed E-state index contributed by atoms with van der Waals surface area (Å²) in [4.78, 5) is 0. The third-order valence-corrected chi connectivity index (χ3v) is 9.65. The van der Waals surface area contributed by atoms with E-state index in [4.69, 9.17) is 0 Å². The molecule has 0 amide bonds. The molecule has 0 aromatic heterocycles. The molecule has 0 unspecified atom stereocenters. The predicted octanol–water partition coefficient (Wildman–Crippen LogP) is 11.3. The van der Waals surface area contributed by atoms with Gasteiger partial charge < -0.3 is 0 Å². The Morgan fingerprint density at radius 3 is 1.91 bits per heavy atom. The number of hydrogen-bond acceptors (Lipinski definition) is 0. The lowest BCUT2D eigenvalue weighted by Gasteiger charge is -2.38. The number of aryl methyl sites for hydroxylation is 1. The third-order valence-electron chi connectivity index (χ3n) is 9.65. The van der Waals surface area contributed by atoms with Crippen LogP contribution in [0.25, 0.3) is 11.1 Å². The fourth-order valence-corrected chi connectivity index (χ4v) is 7.17. The number of rotatable bonds is 12. The van der Waals surface area contributed by atoms with Crippen LogP contribution in [0.4, 0.5) is 0 Å². The van der Waals surface area contributed by atoms with Crippen molar-refractivity contribution in [3.05, 3.63) is 59.7 Å². The molecule has 2 aliphatic rings. The van der Waals surface area contributed by atoms with E-state index in [1.807, 2.05) is 0 Å². The second-order valence-electron chi connectivity index (χ2n) is 12.2. The first-order chi connectivity index (χ1) is 17.2. The van der Waals surface area contributed by atoms with Gasteiger partial charge in [-0.25, -0.2) is 0 Å². The van der Waals surface area contributed by atoms with E-state index in [-0.39, 0.29) is 0 Å². The first-order valence-corrected chi connectivity index (χ1v) is 15.4. The van der Waals surface area contributed by atoms with Gasteiger partial charge in [0, 0.05) is 0 Å². The summed E-state index contributed by atoms with van der Waals surface area (Å²) in [5.74, 6) is 1.78. The minimum atomic E-state index is 0.636. The van der Waals surface area contributed by atoms with Crippen LogP contribution in [0, 0.1) is 11.3 Å². The molecule has 0 spiro atoms. The maximum atomic E-state index is 2.42. The lowest BCUT2D eigenvalue weighted by atomic mass is 9.68. The number of benzene rings is 2. The van der Waals surface area contributed by atoms with Crippen LogP contribution in [-0.2, 0) is 6.42 Å². The van der Waals surface area contributed by atoms with E-state index in [0.717, 1.165) is 11.8 Å². The monoisotopic (exact) mass is 472 g/mol. The maximum absolute atomic E-state index is 2.42. The van der Waals surface area contributed by atoms with Gasteiger partial charge >= 0.3 is 0 Å². The minimum Gasteiger partial charge on any atom is -0.0654 e. The Morgan fingerprint density at radius 2 is 1.29 bits per heavy atom. The fourth-order valence-electron chi connectivity index (χ4n) is 7.17. The molecule has 4 rings (SSSR count). The molecule has 2 aromatic carbocycles. The highest BCUT2D eigenvalue weighted by Crippen LogP contribution is 2.44. The van der Waals surface area contributed by atoms with Crippen molar-refractivity contribution in [1.82, 2.24) is 0 Å². The summed E-state index contributed by atoms with van der Waals surface area (Å²) in [7, 11) is 0. The molecule has 0 bridgehead atoms. The second kappa shape index (κ2) is 13.7. The molecular formula is C35H52. The lowest BCUT2D eigenvalue weighted by molar-refractivity contribution is 0.153. The molecular weight excluding hydrogens is 420 g/mol. The molecule has 0 N–H and O–H groups in total. The van der Waals surface area contributed by atoms with Crippen molar-refractivity contribution in [2.75, 3.05) is 0 Å².